The molecule has 0 saturated carbocycles. The van der Waals surface area contributed by atoms with Crippen molar-refractivity contribution in [2.24, 2.45) is 5.84 Å². The van der Waals surface area contributed by atoms with Crippen molar-refractivity contribution in [1.29, 1.82) is 0 Å². The third-order valence-electron chi connectivity index (χ3n) is 2.45. The Morgan fingerprint density at radius 2 is 2.35 bits per heavy atom. The van der Waals surface area contributed by atoms with Crippen molar-refractivity contribution in [2.75, 3.05) is 26.8 Å². The molecule has 0 aromatic carbocycles. The lowest BCUT2D eigenvalue weighted by Gasteiger charge is -2.18. The molecule has 96 valence electrons. The van der Waals surface area contributed by atoms with E-state index in [2.05, 4.69) is 17.2 Å². The summed E-state index contributed by atoms with van der Waals surface area (Å²) < 4.78 is 5.05. The number of amides is 1. The van der Waals surface area contributed by atoms with Gasteiger partial charge >= 0.3 is 0 Å². The highest BCUT2D eigenvalue weighted by molar-refractivity contribution is 7.14. The van der Waals surface area contributed by atoms with E-state index in [1.807, 2.05) is 6.07 Å². The smallest absolute Gasteiger partial charge is 0.275 e. The average Bonchev–Trinajstić information content (AvgIpc) is 2.81. The van der Waals surface area contributed by atoms with Gasteiger partial charge in [-0.25, -0.2) is 5.84 Å². The highest BCUT2D eigenvalue weighted by atomic mass is 32.1. The summed E-state index contributed by atoms with van der Waals surface area (Å²) in [6, 6.07) is 3.76. The Hall–Kier alpha value is -0.950. The third kappa shape index (κ3) is 4.43. The quantitative estimate of drug-likeness (QED) is 0.431. The van der Waals surface area contributed by atoms with Crippen LogP contribution in [0.25, 0.3) is 0 Å². The van der Waals surface area contributed by atoms with Crippen LogP contribution in [0.1, 0.15) is 21.5 Å². The Bertz CT molecular complexity index is 354. The summed E-state index contributed by atoms with van der Waals surface area (Å²) in [5.74, 6) is 4.85. The number of thiophene rings is 1. The minimum atomic E-state index is -0.235. The molecule has 0 aliphatic heterocycles. The van der Waals surface area contributed by atoms with Crippen LogP contribution in [-0.4, -0.2) is 37.6 Å². The van der Waals surface area contributed by atoms with E-state index >= 15 is 0 Å². The molecule has 1 heterocycles. The Balaban J connectivity index is 2.54. The third-order valence-corrected chi connectivity index (χ3v) is 3.52. The van der Waals surface area contributed by atoms with Crippen molar-refractivity contribution < 1.29 is 9.53 Å². The summed E-state index contributed by atoms with van der Waals surface area (Å²) in [5, 5.41) is 0. The lowest BCUT2D eigenvalue weighted by molar-refractivity contribution is 0.0957. The normalized spacial score (nSPS) is 10.8. The second-order valence-corrected chi connectivity index (χ2v) is 4.77. The summed E-state index contributed by atoms with van der Waals surface area (Å²) >= 11 is 1.47. The van der Waals surface area contributed by atoms with Gasteiger partial charge in [0.1, 0.15) is 0 Å². The van der Waals surface area contributed by atoms with Crippen LogP contribution in [0.5, 0.6) is 0 Å². The van der Waals surface area contributed by atoms with E-state index in [1.54, 1.807) is 13.2 Å². The molecule has 0 unspecified atom stereocenters. The Morgan fingerprint density at radius 3 is 2.94 bits per heavy atom. The zero-order chi connectivity index (χ0) is 12.7. The molecule has 1 amide bonds. The molecule has 0 fully saturated rings. The van der Waals surface area contributed by atoms with Gasteiger partial charge < -0.3 is 4.74 Å². The van der Waals surface area contributed by atoms with Crippen molar-refractivity contribution in [3.63, 3.8) is 0 Å². The number of nitrogen functional groups attached to an aromatic ring is 1. The van der Waals surface area contributed by atoms with E-state index in [9.17, 15) is 4.79 Å². The SMILES string of the molecule is CCN(CCOC)Cc1ccc(C(=O)NN)s1. The molecule has 17 heavy (non-hydrogen) atoms. The van der Waals surface area contributed by atoms with Crippen molar-refractivity contribution >= 4 is 17.2 Å². The van der Waals surface area contributed by atoms with Crippen LogP contribution in [0.2, 0.25) is 0 Å². The molecule has 0 saturated heterocycles. The lowest BCUT2D eigenvalue weighted by Crippen LogP contribution is -2.29. The van der Waals surface area contributed by atoms with E-state index in [1.165, 1.54) is 11.3 Å². The van der Waals surface area contributed by atoms with Gasteiger partial charge in [0.15, 0.2) is 0 Å². The maximum absolute atomic E-state index is 11.3. The van der Waals surface area contributed by atoms with Gasteiger partial charge in [0.05, 0.1) is 11.5 Å². The molecular weight excluding hydrogens is 238 g/mol. The highest BCUT2D eigenvalue weighted by Crippen LogP contribution is 2.18. The first-order valence-corrected chi connectivity index (χ1v) is 6.33. The van der Waals surface area contributed by atoms with Gasteiger partial charge in [0, 0.05) is 25.1 Å². The van der Waals surface area contributed by atoms with E-state index in [-0.39, 0.29) is 5.91 Å². The van der Waals surface area contributed by atoms with Crippen molar-refractivity contribution in [3.8, 4) is 0 Å². The van der Waals surface area contributed by atoms with Crippen LogP contribution in [-0.2, 0) is 11.3 Å². The Morgan fingerprint density at radius 1 is 1.59 bits per heavy atom. The minimum Gasteiger partial charge on any atom is -0.383 e. The number of nitrogens with two attached hydrogens (primary N) is 1. The molecule has 0 aliphatic carbocycles. The monoisotopic (exact) mass is 257 g/mol. The maximum atomic E-state index is 11.3. The van der Waals surface area contributed by atoms with Crippen LogP contribution in [0, 0.1) is 0 Å². The van der Waals surface area contributed by atoms with Crippen molar-refractivity contribution in [2.45, 2.75) is 13.5 Å². The lowest BCUT2D eigenvalue weighted by atomic mass is 10.4. The predicted octanol–water partition coefficient (Wildman–Crippen LogP) is 0.820. The molecule has 0 aliphatic rings. The number of carbonyl (C=O) groups excluding carboxylic acids is 1. The molecular formula is C11H19N3O2S. The van der Waals surface area contributed by atoms with Gasteiger partial charge in [-0.05, 0) is 18.7 Å². The molecule has 1 rings (SSSR count). The van der Waals surface area contributed by atoms with Crippen LogP contribution in [0.4, 0.5) is 0 Å². The fraction of sp³-hybridized carbons (Fsp3) is 0.545. The summed E-state index contributed by atoms with van der Waals surface area (Å²) in [4.78, 5) is 15.4. The highest BCUT2D eigenvalue weighted by Gasteiger charge is 2.09. The Labute approximate surface area is 106 Å². The number of likely N-dealkylation sites (N-methyl/N-ethyl adjacent to an activating group) is 1. The standard InChI is InChI=1S/C11H19N3O2S/c1-3-14(6-7-16-2)8-9-4-5-10(17-9)11(15)13-12/h4-5H,3,6-8,12H2,1-2H3,(H,13,15). The Kier molecular flexibility index (Phi) is 6.13. The predicted molar refractivity (Wildman–Crippen MR) is 68.8 cm³/mol. The zero-order valence-corrected chi connectivity index (χ0v) is 11.0. The van der Waals surface area contributed by atoms with Gasteiger partial charge in [0.2, 0.25) is 0 Å². The van der Waals surface area contributed by atoms with Gasteiger partial charge in [-0.1, -0.05) is 6.92 Å². The molecule has 1 aromatic heterocycles. The first-order valence-electron chi connectivity index (χ1n) is 5.52. The number of ether oxygens (including phenoxy) is 1. The number of methoxy groups -OCH3 is 1. The second-order valence-electron chi connectivity index (χ2n) is 3.60. The fourth-order valence-corrected chi connectivity index (χ4v) is 2.40. The van der Waals surface area contributed by atoms with Gasteiger partial charge in [-0.2, -0.15) is 0 Å². The van der Waals surface area contributed by atoms with Crippen LogP contribution >= 0.6 is 11.3 Å². The fourth-order valence-electron chi connectivity index (χ4n) is 1.45. The van der Waals surface area contributed by atoms with E-state index in [0.29, 0.717) is 4.88 Å². The van der Waals surface area contributed by atoms with E-state index in [0.717, 1.165) is 31.1 Å². The molecule has 1 aromatic rings. The largest absolute Gasteiger partial charge is 0.383 e. The summed E-state index contributed by atoms with van der Waals surface area (Å²) in [6.45, 7) is 5.51. The average molecular weight is 257 g/mol. The van der Waals surface area contributed by atoms with Crippen molar-refractivity contribution in [1.82, 2.24) is 10.3 Å². The number of nitrogens with zero attached hydrogens (tertiary/aromatic N) is 1. The maximum Gasteiger partial charge on any atom is 0.275 e. The van der Waals surface area contributed by atoms with Gasteiger partial charge in [0.25, 0.3) is 5.91 Å². The molecule has 3 N–H and O–H groups in total. The zero-order valence-electron chi connectivity index (χ0n) is 10.2. The number of nitrogens with one attached hydrogen (secondary N) is 1. The summed E-state index contributed by atoms with van der Waals surface area (Å²) in [7, 11) is 1.70. The number of rotatable bonds is 7. The van der Waals surface area contributed by atoms with Crippen LogP contribution in [0.3, 0.4) is 0 Å². The first kappa shape index (κ1) is 14.1. The first-order chi connectivity index (χ1) is 8.21. The molecule has 0 spiro atoms. The summed E-state index contributed by atoms with van der Waals surface area (Å²) in [6.07, 6.45) is 0. The molecule has 0 bridgehead atoms. The second kappa shape index (κ2) is 7.39. The van der Waals surface area contributed by atoms with Crippen LogP contribution < -0.4 is 11.3 Å². The number of hydrogen-bond acceptors (Lipinski definition) is 5. The van der Waals surface area contributed by atoms with Crippen LogP contribution in [0.15, 0.2) is 12.1 Å². The summed E-state index contributed by atoms with van der Waals surface area (Å²) in [5.41, 5.74) is 2.13. The van der Waals surface area contributed by atoms with Gasteiger partial charge in [-0.15, -0.1) is 11.3 Å². The minimum absolute atomic E-state index is 0.235. The molecule has 5 nitrogen and oxygen atoms in total. The van der Waals surface area contributed by atoms with E-state index in [4.69, 9.17) is 10.6 Å². The number of hydrogen-bond donors (Lipinski definition) is 2. The van der Waals surface area contributed by atoms with Crippen molar-refractivity contribution in [3.05, 3.63) is 21.9 Å². The molecule has 6 heteroatoms. The van der Waals surface area contributed by atoms with E-state index < -0.39 is 0 Å². The molecule has 0 atom stereocenters. The molecule has 0 radical (unpaired) electrons. The topological polar surface area (TPSA) is 67.6 Å². The number of carbonyl (C=O) groups is 1. The van der Waals surface area contributed by atoms with Gasteiger partial charge in [-0.3, -0.25) is 15.1 Å². The number of hydrazine groups is 1.